The number of anilines is 1. The van der Waals surface area contributed by atoms with Crippen molar-refractivity contribution in [3.05, 3.63) is 11.8 Å². The van der Waals surface area contributed by atoms with E-state index in [0.29, 0.717) is 18.9 Å². The Morgan fingerprint density at radius 2 is 1.94 bits per heavy atom. The zero-order chi connectivity index (χ0) is 23.3. The maximum Gasteiger partial charge on any atom is 0.389 e. The van der Waals surface area contributed by atoms with Crippen molar-refractivity contribution in [1.29, 1.82) is 0 Å². The summed E-state index contributed by atoms with van der Waals surface area (Å²) in [7, 11) is -3.75. The van der Waals surface area contributed by atoms with E-state index in [-0.39, 0.29) is 18.7 Å². The van der Waals surface area contributed by atoms with E-state index >= 15 is 0 Å². The van der Waals surface area contributed by atoms with E-state index in [9.17, 15) is 21.6 Å². The molecule has 180 valence electrons. The summed E-state index contributed by atoms with van der Waals surface area (Å²) in [6, 6.07) is 1.68. The fourth-order valence-electron chi connectivity index (χ4n) is 3.04. The van der Waals surface area contributed by atoms with Gasteiger partial charge in [-0.1, -0.05) is 19.0 Å². The third-order valence-electron chi connectivity index (χ3n) is 5.38. The van der Waals surface area contributed by atoms with Gasteiger partial charge in [-0.25, -0.2) is 8.42 Å². The lowest BCUT2D eigenvalue weighted by Gasteiger charge is -2.28. The molecular formula is C20H33F3N2O5S. The van der Waals surface area contributed by atoms with Gasteiger partial charge in [0.05, 0.1) is 22.8 Å². The van der Waals surface area contributed by atoms with Crippen LogP contribution >= 0.6 is 0 Å². The Labute approximate surface area is 181 Å². The van der Waals surface area contributed by atoms with Crippen LogP contribution in [0.15, 0.2) is 10.6 Å². The molecule has 1 N–H and O–H groups in total. The van der Waals surface area contributed by atoms with E-state index in [2.05, 4.69) is 10.5 Å². The van der Waals surface area contributed by atoms with E-state index in [1.54, 1.807) is 6.07 Å². The standard InChI is InChI=1S/C20H33F3N2O5S/c1-18(2,14-29-17-8-5-6-10-28-17)15-12-16(30-25-15)24-13-19(3,4)31(26,27)11-7-9-20(21,22)23/h12,17,24H,5-11,13-14H2,1-4H3. The van der Waals surface area contributed by atoms with Gasteiger partial charge in [-0.05, 0) is 39.5 Å². The molecule has 7 nitrogen and oxygen atoms in total. The largest absolute Gasteiger partial charge is 0.389 e. The van der Waals surface area contributed by atoms with Crippen LogP contribution in [-0.2, 0) is 24.7 Å². The van der Waals surface area contributed by atoms with Gasteiger partial charge in [0.25, 0.3) is 0 Å². The number of hydrogen-bond donors (Lipinski definition) is 1. The molecule has 1 unspecified atom stereocenters. The van der Waals surface area contributed by atoms with Crippen molar-refractivity contribution in [3.8, 4) is 0 Å². The predicted octanol–water partition coefficient (Wildman–Crippen LogP) is 4.44. The number of rotatable bonds is 11. The fraction of sp³-hybridized carbons (Fsp3) is 0.850. The highest BCUT2D eigenvalue weighted by molar-refractivity contribution is 7.92. The summed E-state index contributed by atoms with van der Waals surface area (Å²) in [4.78, 5) is 0. The monoisotopic (exact) mass is 470 g/mol. The van der Waals surface area contributed by atoms with Crippen LogP contribution in [0.1, 0.15) is 65.5 Å². The molecule has 1 fully saturated rings. The zero-order valence-electron chi connectivity index (χ0n) is 18.5. The minimum atomic E-state index is -4.37. The minimum Gasteiger partial charge on any atom is -0.353 e. The molecule has 0 bridgehead atoms. The molecule has 31 heavy (non-hydrogen) atoms. The number of hydrogen-bond acceptors (Lipinski definition) is 7. The maximum absolute atomic E-state index is 12.5. The van der Waals surface area contributed by atoms with Gasteiger partial charge in [-0.2, -0.15) is 13.2 Å². The number of halogens is 3. The molecule has 1 aliphatic heterocycles. The Hall–Kier alpha value is -1.33. The Morgan fingerprint density at radius 3 is 2.55 bits per heavy atom. The Balaban J connectivity index is 1.89. The van der Waals surface area contributed by atoms with E-state index < -0.39 is 44.8 Å². The summed E-state index contributed by atoms with van der Waals surface area (Å²) >= 11 is 0. The van der Waals surface area contributed by atoms with E-state index in [1.165, 1.54) is 13.8 Å². The van der Waals surface area contributed by atoms with Crippen LogP contribution < -0.4 is 5.32 Å². The van der Waals surface area contributed by atoms with Gasteiger partial charge in [0, 0.05) is 31.1 Å². The van der Waals surface area contributed by atoms with Gasteiger partial charge < -0.3 is 19.3 Å². The quantitative estimate of drug-likeness (QED) is 0.511. The first-order valence-electron chi connectivity index (χ1n) is 10.5. The number of alkyl halides is 3. The lowest BCUT2D eigenvalue weighted by Crippen LogP contribution is -2.40. The molecule has 0 spiro atoms. The van der Waals surface area contributed by atoms with Crippen molar-refractivity contribution in [2.24, 2.45) is 0 Å². The van der Waals surface area contributed by atoms with Gasteiger partial charge >= 0.3 is 6.18 Å². The normalized spacial score (nSPS) is 18.9. The Kier molecular flexibility index (Phi) is 8.43. The second-order valence-corrected chi connectivity index (χ2v) is 12.0. The van der Waals surface area contributed by atoms with Crippen molar-refractivity contribution >= 4 is 15.7 Å². The molecule has 1 saturated heterocycles. The highest BCUT2D eigenvalue weighted by Crippen LogP contribution is 2.28. The number of nitrogens with zero attached hydrogens (tertiary/aromatic N) is 1. The van der Waals surface area contributed by atoms with Crippen LogP contribution in [0.25, 0.3) is 0 Å². The van der Waals surface area contributed by atoms with Crippen LogP contribution in [0.5, 0.6) is 0 Å². The average molecular weight is 471 g/mol. The molecule has 0 aliphatic carbocycles. The van der Waals surface area contributed by atoms with Crippen LogP contribution in [0.4, 0.5) is 19.1 Å². The Morgan fingerprint density at radius 1 is 1.23 bits per heavy atom. The molecule has 1 aromatic rings. The van der Waals surface area contributed by atoms with Crippen LogP contribution in [0.2, 0.25) is 0 Å². The Bertz CT molecular complexity index is 800. The van der Waals surface area contributed by atoms with Crippen LogP contribution in [0.3, 0.4) is 0 Å². The van der Waals surface area contributed by atoms with Crippen molar-refractivity contribution in [2.75, 3.05) is 30.8 Å². The lowest BCUT2D eigenvalue weighted by atomic mass is 9.90. The number of nitrogens with one attached hydrogen (secondary N) is 1. The van der Waals surface area contributed by atoms with Crippen molar-refractivity contribution in [2.45, 2.75) is 82.4 Å². The second-order valence-electron chi connectivity index (χ2n) is 9.22. The average Bonchev–Trinajstić information content (AvgIpc) is 3.14. The molecular weight excluding hydrogens is 437 g/mol. The summed E-state index contributed by atoms with van der Waals surface area (Å²) < 4.78 is 77.3. The summed E-state index contributed by atoms with van der Waals surface area (Å²) in [6.45, 7) is 7.90. The lowest BCUT2D eigenvalue weighted by molar-refractivity contribution is -0.170. The van der Waals surface area contributed by atoms with Crippen molar-refractivity contribution < 1.29 is 35.6 Å². The SMILES string of the molecule is CC(C)(COC1CCCCO1)c1cc(NCC(C)(C)S(=O)(=O)CCCC(F)(F)F)on1. The first-order valence-corrected chi connectivity index (χ1v) is 12.1. The van der Waals surface area contributed by atoms with Gasteiger partial charge in [0.2, 0.25) is 5.88 Å². The molecule has 0 aromatic carbocycles. The van der Waals surface area contributed by atoms with Gasteiger partial charge in [0.15, 0.2) is 16.1 Å². The number of sulfone groups is 1. The number of aromatic nitrogens is 1. The highest BCUT2D eigenvalue weighted by atomic mass is 32.2. The first kappa shape index (κ1) is 25.9. The van der Waals surface area contributed by atoms with Crippen molar-refractivity contribution in [1.82, 2.24) is 5.16 Å². The highest BCUT2D eigenvalue weighted by Gasteiger charge is 2.36. The minimum absolute atomic E-state index is 0.0250. The van der Waals surface area contributed by atoms with Gasteiger partial charge in [-0.15, -0.1) is 0 Å². The third-order valence-corrected chi connectivity index (χ3v) is 8.03. The molecule has 11 heteroatoms. The summed E-state index contributed by atoms with van der Waals surface area (Å²) in [5.41, 5.74) is 0.181. The predicted molar refractivity (Wildman–Crippen MR) is 111 cm³/mol. The molecule has 0 amide bonds. The topological polar surface area (TPSA) is 90.7 Å². The molecule has 0 saturated carbocycles. The van der Waals surface area contributed by atoms with E-state index in [1.807, 2.05) is 13.8 Å². The van der Waals surface area contributed by atoms with Crippen LogP contribution in [-0.4, -0.2) is 56.3 Å². The van der Waals surface area contributed by atoms with Gasteiger partial charge in [0.1, 0.15) is 0 Å². The molecule has 1 aliphatic rings. The fourth-order valence-corrected chi connectivity index (χ4v) is 4.41. The summed E-state index contributed by atoms with van der Waals surface area (Å²) in [6.07, 6.45) is -3.21. The molecule has 1 atom stereocenters. The maximum atomic E-state index is 12.5. The molecule has 1 aromatic heterocycles. The van der Waals surface area contributed by atoms with E-state index in [0.717, 1.165) is 19.3 Å². The first-order chi connectivity index (χ1) is 14.2. The summed E-state index contributed by atoms with van der Waals surface area (Å²) in [5.74, 6) is -0.244. The van der Waals surface area contributed by atoms with E-state index in [4.69, 9.17) is 14.0 Å². The summed E-state index contributed by atoms with van der Waals surface area (Å²) in [5, 5.41) is 6.96. The van der Waals surface area contributed by atoms with Crippen LogP contribution in [0, 0.1) is 0 Å². The third kappa shape index (κ3) is 7.94. The molecule has 2 heterocycles. The molecule has 0 radical (unpaired) electrons. The molecule has 2 rings (SSSR count). The second kappa shape index (κ2) is 10.1. The zero-order valence-corrected chi connectivity index (χ0v) is 19.4. The number of ether oxygens (including phenoxy) is 2. The van der Waals surface area contributed by atoms with Crippen molar-refractivity contribution in [3.63, 3.8) is 0 Å². The smallest absolute Gasteiger partial charge is 0.353 e. The van der Waals surface area contributed by atoms with Gasteiger partial charge in [-0.3, -0.25) is 0 Å².